The van der Waals surface area contributed by atoms with Gasteiger partial charge in [0.1, 0.15) is 0 Å². The fourth-order valence-electron chi connectivity index (χ4n) is 3.33. The Labute approximate surface area is 171 Å². The summed E-state index contributed by atoms with van der Waals surface area (Å²) in [6.45, 7) is 3.59. The number of nitrogens with zero attached hydrogens (tertiary/aromatic N) is 3. The number of benzene rings is 2. The average molecular weight is 416 g/mol. The second-order valence-corrected chi connectivity index (χ2v) is 9.36. The molecule has 2 aromatic rings. The van der Waals surface area contributed by atoms with Crippen molar-refractivity contribution in [3.05, 3.63) is 59.7 Å². The molecule has 1 aliphatic rings. The van der Waals surface area contributed by atoms with E-state index in [4.69, 9.17) is 4.84 Å². The molecular formula is C21H25N3O4S. The van der Waals surface area contributed by atoms with Gasteiger partial charge in [-0.15, -0.1) is 0 Å². The summed E-state index contributed by atoms with van der Waals surface area (Å²) in [5.41, 5.74) is 3.35. The van der Waals surface area contributed by atoms with E-state index in [0.29, 0.717) is 5.71 Å². The van der Waals surface area contributed by atoms with Crippen LogP contribution in [-0.4, -0.2) is 51.1 Å². The molecule has 0 saturated heterocycles. The van der Waals surface area contributed by atoms with Gasteiger partial charge in [-0.25, -0.2) is 12.7 Å². The normalized spacial score (nSPS) is 16.8. The number of oxime groups is 1. The molecule has 0 N–H and O–H groups in total. The van der Waals surface area contributed by atoms with Crippen molar-refractivity contribution >= 4 is 27.3 Å². The molecule has 0 radical (unpaired) electrons. The Hall–Kier alpha value is -2.71. The van der Waals surface area contributed by atoms with Gasteiger partial charge in [0.25, 0.3) is 5.91 Å². The van der Waals surface area contributed by atoms with Crippen LogP contribution in [0.25, 0.3) is 0 Å². The van der Waals surface area contributed by atoms with Crippen molar-refractivity contribution in [3.8, 4) is 0 Å². The second-order valence-electron chi connectivity index (χ2n) is 7.21. The summed E-state index contributed by atoms with van der Waals surface area (Å²) in [5, 5.41) is 4.02. The SMILES string of the molecule is C/C(=N\OCC(=O)N1c2ccccc2CC1C)c1ccc(S(=O)(=O)N(C)C)cc1. The van der Waals surface area contributed by atoms with Crippen LogP contribution in [0.3, 0.4) is 0 Å². The van der Waals surface area contributed by atoms with Crippen molar-refractivity contribution in [2.75, 3.05) is 25.6 Å². The molecule has 0 spiro atoms. The molecule has 0 aromatic heterocycles. The maximum absolute atomic E-state index is 12.6. The first-order chi connectivity index (χ1) is 13.7. The molecule has 1 amide bonds. The molecule has 8 heteroatoms. The van der Waals surface area contributed by atoms with E-state index in [1.807, 2.05) is 31.2 Å². The minimum absolute atomic E-state index is 0.0831. The van der Waals surface area contributed by atoms with E-state index in [-0.39, 0.29) is 23.5 Å². The summed E-state index contributed by atoms with van der Waals surface area (Å²) < 4.78 is 25.4. The minimum Gasteiger partial charge on any atom is -0.385 e. The van der Waals surface area contributed by atoms with Gasteiger partial charge in [0.15, 0.2) is 6.61 Å². The van der Waals surface area contributed by atoms with Crippen molar-refractivity contribution in [2.24, 2.45) is 5.16 Å². The highest BCUT2D eigenvalue weighted by Crippen LogP contribution is 2.31. The van der Waals surface area contributed by atoms with Gasteiger partial charge in [-0.05, 0) is 49.6 Å². The van der Waals surface area contributed by atoms with Crippen LogP contribution in [0, 0.1) is 0 Å². The molecule has 0 bridgehead atoms. The van der Waals surface area contributed by atoms with Crippen LogP contribution in [0.4, 0.5) is 5.69 Å². The highest BCUT2D eigenvalue weighted by molar-refractivity contribution is 7.89. The number of carbonyl (C=O) groups is 1. The van der Waals surface area contributed by atoms with Crippen LogP contribution in [0.1, 0.15) is 25.0 Å². The predicted molar refractivity (Wildman–Crippen MR) is 113 cm³/mol. The third-order valence-electron chi connectivity index (χ3n) is 4.92. The number of para-hydroxylation sites is 1. The lowest BCUT2D eigenvalue weighted by Gasteiger charge is -2.22. The van der Waals surface area contributed by atoms with Gasteiger partial charge in [-0.2, -0.15) is 0 Å². The van der Waals surface area contributed by atoms with Crippen LogP contribution < -0.4 is 4.90 Å². The number of anilines is 1. The number of hydrogen-bond donors (Lipinski definition) is 0. The molecule has 0 aliphatic carbocycles. The van der Waals surface area contributed by atoms with E-state index < -0.39 is 10.0 Å². The second kappa shape index (κ2) is 8.34. The standard InChI is InChI=1S/C21H25N3O4S/c1-15-13-18-7-5-6-8-20(18)24(15)21(25)14-28-22-16(2)17-9-11-19(12-10-17)29(26,27)23(3)4/h5-12,15H,13-14H2,1-4H3/b22-16+. The van der Waals surface area contributed by atoms with E-state index >= 15 is 0 Å². The first-order valence-corrected chi connectivity index (χ1v) is 10.8. The summed E-state index contributed by atoms with van der Waals surface area (Å²) in [6, 6.07) is 14.3. The zero-order chi connectivity index (χ0) is 21.2. The molecule has 7 nitrogen and oxygen atoms in total. The smallest absolute Gasteiger partial charge is 0.268 e. The minimum atomic E-state index is -3.47. The molecule has 0 saturated carbocycles. The van der Waals surface area contributed by atoms with Crippen LogP contribution in [-0.2, 0) is 26.1 Å². The van der Waals surface area contributed by atoms with Gasteiger partial charge in [-0.3, -0.25) is 4.79 Å². The molecule has 1 unspecified atom stereocenters. The Morgan fingerprint density at radius 3 is 2.48 bits per heavy atom. The lowest BCUT2D eigenvalue weighted by atomic mass is 10.1. The summed E-state index contributed by atoms with van der Waals surface area (Å²) in [7, 11) is -0.502. The molecule has 1 aliphatic heterocycles. The van der Waals surface area contributed by atoms with Gasteiger partial charge >= 0.3 is 0 Å². The Morgan fingerprint density at radius 2 is 1.83 bits per heavy atom. The Morgan fingerprint density at radius 1 is 1.17 bits per heavy atom. The third kappa shape index (κ3) is 4.33. The fourth-order valence-corrected chi connectivity index (χ4v) is 4.23. The highest BCUT2D eigenvalue weighted by atomic mass is 32.2. The van der Waals surface area contributed by atoms with E-state index in [2.05, 4.69) is 5.16 Å². The van der Waals surface area contributed by atoms with Gasteiger partial charge in [0, 0.05) is 25.8 Å². The van der Waals surface area contributed by atoms with Crippen molar-refractivity contribution < 1.29 is 18.0 Å². The van der Waals surface area contributed by atoms with Crippen molar-refractivity contribution in [3.63, 3.8) is 0 Å². The van der Waals surface area contributed by atoms with Crippen LogP contribution >= 0.6 is 0 Å². The summed E-state index contributed by atoms with van der Waals surface area (Å²) >= 11 is 0. The number of amides is 1. The largest absolute Gasteiger partial charge is 0.385 e. The Balaban J connectivity index is 1.64. The van der Waals surface area contributed by atoms with Crippen LogP contribution in [0.15, 0.2) is 58.6 Å². The van der Waals surface area contributed by atoms with Gasteiger partial charge in [0.05, 0.1) is 10.6 Å². The number of fused-ring (bicyclic) bond motifs is 1. The van der Waals surface area contributed by atoms with E-state index in [1.165, 1.54) is 26.2 Å². The van der Waals surface area contributed by atoms with Crippen LogP contribution in [0.2, 0.25) is 0 Å². The number of rotatable bonds is 6. The number of sulfonamides is 1. The summed E-state index contributed by atoms with van der Waals surface area (Å²) in [4.78, 5) is 19.9. The van der Waals surface area contributed by atoms with E-state index in [0.717, 1.165) is 27.5 Å². The van der Waals surface area contributed by atoms with Gasteiger partial charge in [-0.1, -0.05) is 35.5 Å². The first-order valence-electron chi connectivity index (χ1n) is 9.31. The molecule has 1 heterocycles. The third-order valence-corrected chi connectivity index (χ3v) is 6.75. The predicted octanol–water partition coefficient (Wildman–Crippen LogP) is 2.66. The van der Waals surface area contributed by atoms with Gasteiger partial charge in [0.2, 0.25) is 10.0 Å². The fraction of sp³-hybridized carbons (Fsp3) is 0.333. The molecule has 2 aromatic carbocycles. The molecule has 0 fully saturated rings. The van der Waals surface area contributed by atoms with Crippen molar-refractivity contribution in [2.45, 2.75) is 31.2 Å². The molecular weight excluding hydrogens is 390 g/mol. The molecule has 154 valence electrons. The molecule has 1 atom stereocenters. The first kappa shape index (κ1) is 21.0. The molecule has 29 heavy (non-hydrogen) atoms. The number of hydrogen-bond acceptors (Lipinski definition) is 5. The Kier molecular flexibility index (Phi) is 6.04. The maximum Gasteiger partial charge on any atom is 0.268 e. The topological polar surface area (TPSA) is 79.3 Å². The van der Waals surface area contributed by atoms with Crippen molar-refractivity contribution in [1.29, 1.82) is 0 Å². The molecule has 3 rings (SSSR count). The monoisotopic (exact) mass is 415 g/mol. The zero-order valence-electron chi connectivity index (χ0n) is 17.0. The van der Waals surface area contributed by atoms with E-state index in [9.17, 15) is 13.2 Å². The highest BCUT2D eigenvalue weighted by Gasteiger charge is 2.30. The lowest BCUT2D eigenvalue weighted by molar-refractivity contribution is -0.123. The van der Waals surface area contributed by atoms with E-state index in [1.54, 1.807) is 24.0 Å². The zero-order valence-corrected chi connectivity index (χ0v) is 17.8. The van der Waals surface area contributed by atoms with Crippen LogP contribution in [0.5, 0.6) is 0 Å². The lowest BCUT2D eigenvalue weighted by Crippen LogP contribution is -2.38. The number of carbonyl (C=O) groups excluding carboxylic acids is 1. The quantitative estimate of drug-likeness (QED) is 0.537. The maximum atomic E-state index is 12.6. The van der Waals surface area contributed by atoms with Gasteiger partial charge < -0.3 is 9.74 Å². The average Bonchev–Trinajstić information content (AvgIpc) is 3.03. The summed E-state index contributed by atoms with van der Waals surface area (Å²) in [5.74, 6) is -0.147. The Bertz CT molecular complexity index is 1030. The summed E-state index contributed by atoms with van der Waals surface area (Å²) in [6.07, 6.45) is 0.826. The van der Waals surface area contributed by atoms with Crippen molar-refractivity contribution in [1.82, 2.24) is 4.31 Å².